The van der Waals surface area contributed by atoms with Crippen LogP contribution in [0.15, 0.2) is 36.7 Å². The monoisotopic (exact) mass is 231 g/mol. The molecule has 0 amide bonds. The first kappa shape index (κ1) is 11.7. The Bertz CT molecular complexity index is 462. The molecule has 90 valence electrons. The number of rotatable bonds is 5. The summed E-state index contributed by atoms with van der Waals surface area (Å²) < 4.78 is 1.90. The first-order valence-electron chi connectivity index (χ1n) is 5.78. The molecule has 0 radical (unpaired) electrons. The molecule has 2 aromatic rings. The van der Waals surface area contributed by atoms with E-state index in [0.29, 0.717) is 5.75 Å². The van der Waals surface area contributed by atoms with Crippen LogP contribution in [0.1, 0.15) is 18.1 Å². The summed E-state index contributed by atoms with van der Waals surface area (Å²) in [5.74, 6) is 0.294. The van der Waals surface area contributed by atoms with Crippen molar-refractivity contribution < 1.29 is 5.11 Å². The minimum atomic E-state index is 0.294. The van der Waals surface area contributed by atoms with E-state index in [1.54, 1.807) is 12.1 Å². The van der Waals surface area contributed by atoms with Gasteiger partial charge in [0.2, 0.25) is 0 Å². The molecular weight excluding hydrogens is 214 g/mol. The van der Waals surface area contributed by atoms with Crippen molar-refractivity contribution >= 4 is 0 Å². The molecule has 0 fully saturated rings. The van der Waals surface area contributed by atoms with E-state index in [2.05, 4.69) is 17.3 Å². The van der Waals surface area contributed by atoms with E-state index in [9.17, 15) is 5.11 Å². The van der Waals surface area contributed by atoms with Gasteiger partial charge in [-0.05, 0) is 24.2 Å². The van der Waals surface area contributed by atoms with Crippen LogP contribution in [0.3, 0.4) is 0 Å². The van der Waals surface area contributed by atoms with Gasteiger partial charge in [0.15, 0.2) is 0 Å². The predicted molar refractivity (Wildman–Crippen MR) is 66.8 cm³/mol. The van der Waals surface area contributed by atoms with Crippen LogP contribution in [-0.4, -0.2) is 21.4 Å². The van der Waals surface area contributed by atoms with Gasteiger partial charge in [-0.3, -0.25) is 4.68 Å². The van der Waals surface area contributed by atoms with E-state index in [-0.39, 0.29) is 0 Å². The van der Waals surface area contributed by atoms with Crippen molar-refractivity contribution in [2.45, 2.75) is 20.0 Å². The summed E-state index contributed by atoms with van der Waals surface area (Å²) >= 11 is 0. The largest absolute Gasteiger partial charge is 0.508 e. The smallest absolute Gasteiger partial charge is 0.115 e. The molecule has 0 atom stereocenters. The van der Waals surface area contributed by atoms with Gasteiger partial charge in [-0.15, -0.1) is 0 Å². The number of aromatic hydroxyl groups is 1. The summed E-state index contributed by atoms with van der Waals surface area (Å²) in [6, 6.07) is 7.19. The van der Waals surface area contributed by atoms with Crippen LogP contribution in [0.5, 0.6) is 5.75 Å². The summed E-state index contributed by atoms with van der Waals surface area (Å²) in [4.78, 5) is 0. The fraction of sp³-hybridized carbons (Fsp3) is 0.308. The molecule has 1 aromatic carbocycles. The van der Waals surface area contributed by atoms with Crippen LogP contribution in [0.2, 0.25) is 0 Å². The number of hydrogen-bond acceptors (Lipinski definition) is 3. The van der Waals surface area contributed by atoms with Crippen LogP contribution < -0.4 is 5.32 Å². The minimum Gasteiger partial charge on any atom is -0.508 e. The molecule has 0 unspecified atom stereocenters. The molecule has 4 heteroatoms. The minimum absolute atomic E-state index is 0.294. The fourth-order valence-corrected chi connectivity index (χ4v) is 1.64. The summed E-state index contributed by atoms with van der Waals surface area (Å²) in [5, 5.41) is 16.8. The van der Waals surface area contributed by atoms with Crippen molar-refractivity contribution in [1.82, 2.24) is 15.1 Å². The van der Waals surface area contributed by atoms with Crippen molar-refractivity contribution in [2.75, 3.05) is 6.54 Å². The van der Waals surface area contributed by atoms with Crippen LogP contribution in [0.4, 0.5) is 0 Å². The van der Waals surface area contributed by atoms with Crippen molar-refractivity contribution in [3.05, 3.63) is 47.8 Å². The van der Waals surface area contributed by atoms with Crippen molar-refractivity contribution in [3.63, 3.8) is 0 Å². The number of benzene rings is 1. The number of hydrogen-bond donors (Lipinski definition) is 2. The highest BCUT2D eigenvalue weighted by Crippen LogP contribution is 2.10. The number of phenols is 1. The van der Waals surface area contributed by atoms with Gasteiger partial charge in [0.05, 0.1) is 12.7 Å². The molecule has 0 spiro atoms. The molecular formula is C13H17N3O. The van der Waals surface area contributed by atoms with E-state index < -0.39 is 0 Å². The Kier molecular flexibility index (Phi) is 3.77. The molecule has 1 heterocycles. The van der Waals surface area contributed by atoms with Crippen LogP contribution in [-0.2, 0) is 13.1 Å². The van der Waals surface area contributed by atoms with Crippen LogP contribution in [0, 0.1) is 0 Å². The van der Waals surface area contributed by atoms with E-state index in [4.69, 9.17) is 0 Å². The SMILES string of the molecule is CCNCc1cnn(Cc2ccc(O)cc2)c1. The highest BCUT2D eigenvalue weighted by Gasteiger charge is 1.99. The summed E-state index contributed by atoms with van der Waals surface area (Å²) in [6.45, 7) is 4.63. The zero-order valence-electron chi connectivity index (χ0n) is 9.93. The van der Waals surface area contributed by atoms with Gasteiger partial charge in [0.25, 0.3) is 0 Å². The first-order valence-corrected chi connectivity index (χ1v) is 5.78. The van der Waals surface area contributed by atoms with Crippen LogP contribution in [0.25, 0.3) is 0 Å². The van der Waals surface area contributed by atoms with Crippen molar-refractivity contribution in [2.24, 2.45) is 0 Å². The molecule has 0 aliphatic rings. The Hall–Kier alpha value is -1.81. The molecule has 2 N–H and O–H groups in total. The normalized spacial score (nSPS) is 10.6. The van der Waals surface area contributed by atoms with Gasteiger partial charge in [-0.1, -0.05) is 19.1 Å². The summed E-state index contributed by atoms with van der Waals surface area (Å²) in [5.41, 5.74) is 2.31. The van der Waals surface area contributed by atoms with E-state index in [1.807, 2.05) is 29.2 Å². The topological polar surface area (TPSA) is 50.1 Å². The molecule has 17 heavy (non-hydrogen) atoms. The first-order chi connectivity index (χ1) is 8.28. The zero-order chi connectivity index (χ0) is 12.1. The van der Waals surface area contributed by atoms with Crippen LogP contribution >= 0.6 is 0 Å². The Morgan fingerprint density at radius 3 is 2.71 bits per heavy atom. The van der Waals surface area contributed by atoms with E-state index in [1.165, 1.54) is 5.56 Å². The molecule has 0 aliphatic carbocycles. The maximum atomic E-state index is 9.19. The quantitative estimate of drug-likeness (QED) is 0.824. The van der Waals surface area contributed by atoms with Crippen molar-refractivity contribution in [1.29, 1.82) is 0 Å². The number of aromatic nitrogens is 2. The Morgan fingerprint density at radius 1 is 1.24 bits per heavy atom. The van der Waals surface area contributed by atoms with Gasteiger partial charge in [0, 0.05) is 18.3 Å². The average Bonchev–Trinajstić information content (AvgIpc) is 2.77. The third kappa shape index (κ3) is 3.32. The Morgan fingerprint density at radius 2 is 2.00 bits per heavy atom. The number of nitrogens with one attached hydrogen (secondary N) is 1. The molecule has 0 aliphatic heterocycles. The fourth-order valence-electron chi connectivity index (χ4n) is 1.64. The van der Waals surface area contributed by atoms with Gasteiger partial charge >= 0.3 is 0 Å². The molecule has 0 bridgehead atoms. The second-order valence-electron chi connectivity index (χ2n) is 3.99. The van der Waals surface area contributed by atoms with Gasteiger partial charge < -0.3 is 10.4 Å². The molecule has 0 saturated carbocycles. The standard InChI is InChI=1S/C13H17N3O/c1-2-14-7-12-8-15-16(10-12)9-11-3-5-13(17)6-4-11/h3-6,8,10,14,17H,2,7,9H2,1H3. The second kappa shape index (κ2) is 5.50. The van der Waals surface area contributed by atoms with Gasteiger partial charge in [-0.25, -0.2) is 0 Å². The third-order valence-electron chi connectivity index (χ3n) is 2.55. The number of phenolic OH excluding ortho intramolecular Hbond substituents is 1. The zero-order valence-corrected chi connectivity index (χ0v) is 9.93. The lowest BCUT2D eigenvalue weighted by Crippen LogP contribution is -2.11. The maximum absolute atomic E-state index is 9.19. The highest BCUT2D eigenvalue weighted by molar-refractivity contribution is 5.26. The summed E-state index contributed by atoms with van der Waals surface area (Å²) in [7, 11) is 0. The average molecular weight is 231 g/mol. The molecule has 2 rings (SSSR count). The van der Waals surface area contributed by atoms with Gasteiger partial charge in [-0.2, -0.15) is 5.10 Å². The second-order valence-corrected chi connectivity index (χ2v) is 3.99. The Balaban J connectivity index is 1.98. The predicted octanol–water partition coefficient (Wildman–Crippen LogP) is 1.75. The number of nitrogens with zero attached hydrogens (tertiary/aromatic N) is 2. The third-order valence-corrected chi connectivity index (χ3v) is 2.55. The maximum Gasteiger partial charge on any atom is 0.115 e. The summed E-state index contributed by atoms with van der Waals surface area (Å²) in [6.07, 6.45) is 3.92. The lowest BCUT2D eigenvalue weighted by Gasteiger charge is -2.02. The van der Waals surface area contributed by atoms with Gasteiger partial charge in [0.1, 0.15) is 5.75 Å². The highest BCUT2D eigenvalue weighted by atomic mass is 16.3. The molecule has 1 aromatic heterocycles. The Labute approximate surface area is 101 Å². The molecule has 0 saturated heterocycles. The van der Waals surface area contributed by atoms with E-state index in [0.717, 1.165) is 25.2 Å². The lowest BCUT2D eigenvalue weighted by atomic mass is 10.2. The lowest BCUT2D eigenvalue weighted by molar-refractivity contribution is 0.475. The van der Waals surface area contributed by atoms with E-state index >= 15 is 0 Å². The molecule has 4 nitrogen and oxygen atoms in total. The van der Waals surface area contributed by atoms with Crippen molar-refractivity contribution in [3.8, 4) is 5.75 Å².